The summed E-state index contributed by atoms with van der Waals surface area (Å²) in [5, 5.41) is 8.56. The van der Waals surface area contributed by atoms with Gasteiger partial charge in [0.05, 0.1) is 4.64 Å². The van der Waals surface area contributed by atoms with Gasteiger partial charge in [0.2, 0.25) is 0 Å². The Labute approximate surface area is 248 Å². The van der Waals surface area contributed by atoms with Crippen molar-refractivity contribution in [3.63, 3.8) is 0 Å². The fraction of sp³-hybridized carbons (Fsp3) is 0.0526. The van der Waals surface area contributed by atoms with Crippen molar-refractivity contribution in [2.45, 2.75) is 11.6 Å². The van der Waals surface area contributed by atoms with Crippen LogP contribution in [0.5, 0.6) is 0 Å². The van der Waals surface area contributed by atoms with E-state index in [2.05, 4.69) is 189 Å². The Morgan fingerprint density at radius 1 is 0.268 bits per heavy atom. The van der Waals surface area contributed by atoms with E-state index in [0.29, 0.717) is 0 Å². The molecule has 0 fully saturated rings. The Morgan fingerprint density at radius 2 is 0.415 bits per heavy atom. The smallest absolute Gasteiger partial charge is 0.0517 e. The lowest BCUT2D eigenvalue weighted by atomic mass is 10.4. The van der Waals surface area contributed by atoms with E-state index in [9.17, 15) is 0 Å². The molecule has 0 radical (unpaired) electrons. The van der Waals surface area contributed by atoms with Crippen LogP contribution in [-0.4, -0.2) is 4.64 Å². The summed E-state index contributed by atoms with van der Waals surface area (Å²) in [7, 11) is -2.44. The van der Waals surface area contributed by atoms with Gasteiger partial charge in [0.1, 0.15) is 0 Å². The summed E-state index contributed by atoms with van der Waals surface area (Å²) in [5.41, 5.74) is 0. The Bertz CT molecular complexity index is 1310. The number of rotatable bonds is 9. The second-order valence-electron chi connectivity index (χ2n) is 9.99. The Kier molecular flexibility index (Phi) is 8.85. The largest absolute Gasteiger partial charge is 0.0622 e. The van der Waals surface area contributed by atoms with Crippen LogP contribution >= 0.6 is 23.8 Å². The van der Waals surface area contributed by atoms with Crippen molar-refractivity contribution in [3.05, 3.63) is 182 Å². The molecule has 0 aliphatic carbocycles. The molecule has 0 aliphatic rings. The molecule has 0 amide bonds. The van der Waals surface area contributed by atoms with Crippen molar-refractivity contribution in [3.8, 4) is 0 Å². The highest BCUT2D eigenvalue weighted by Crippen LogP contribution is 2.77. The van der Waals surface area contributed by atoms with Gasteiger partial charge in [-0.25, -0.2) is 0 Å². The van der Waals surface area contributed by atoms with Crippen molar-refractivity contribution < 1.29 is 0 Å². The SMILES string of the molecule is CC(P(c1ccccc1)c1ccccc1)(P(c1ccccc1)c1ccccc1)P(c1ccccc1)c1ccccc1. The predicted molar refractivity (Wildman–Crippen MR) is 186 cm³/mol. The molecular formula is C38H33P3. The molecule has 0 heterocycles. The zero-order valence-electron chi connectivity index (χ0n) is 23.2. The van der Waals surface area contributed by atoms with E-state index in [1.807, 2.05) is 0 Å². The highest BCUT2D eigenvalue weighted by atomic mass is 31.2. The molecule has 6 aromatic rings. The maximum Gasteiger partial charge on any atom is 0.0517 e. The van der Waals surface area contributed by atoms with Crippen LogP contribution in [0.2, 0.25) is 0 Å². The first-order valence-corrected chi connectivity index (χ1v) is 18.0. The van der Waals surface area contributed by atoms with Crippen LogP contribution in [0.25, 0.3) is 0 Å². The minimum atomic E-state index is -0.812. The van der Waals surface area contributed by atoms with E-state index in [1.54, 1.807) is 0 Å². The molecule has 6 aromatic carbocycles. The van der Waals surface area contributed by atoms with E-state index in [4.69, 9.17) is 0 Å². The van der Waals surface area contributed by atoms with Gasteiger partial charge in [0.15, 0.2) is 0 Å². The average molecular weight is 583 g/mol. The maximum absolute atomic E-state index is 2.62. The molecule has 6 rings (SSSR count). The van der Waals surface area contributed by atoms with Gasteiger partial charge in [0.25, 0.3) is 0 Å². The Morgan fingerprint density at radius 3 is 0.561 bits per heavy atom. The van der Waals surface area contributed by atoms with E-state index in [-0.39, 0.29) is 4.64 Å². The summed E-state index contributed by atoms with van der Waals surface area (Å²) in [6, 6.07) is 67.9. The van der Waals surface area contributed by atoms with E-state index >= 15 is 0 Å². The Balaban J connectivity index is 1.75. The Hall–Kier alpha value is -3.39. The van der Waals surface area contributed by atoms with Crippen LogP contribution < -0.4 is 31.8 Å². The van der Waals surface area contributed by atoms with E-state index < -0.39 is 23.8 Å². The molecule has 0 nitrogen and oxygen atoms in total. The first kappa shape index (κ1) is 27.8. The van der Waals surface area contributed by atoms with Crippen LogP contribution in [-0.2, 0) is 0 Å². The van der Waals surface area contributed by atoms with Gasteiger partial charge >= 0.3 is 0 Å². The van der Waals surface area contributed by atoms with Crippen molar-refractivity contribution >= 4 is 55.6 Å². The monoisotopic (exact) mass is 582 g/mol. The molecule has 0 bridgehead atoms. The third kappa shape index (κ3) is 5.85. The number of benzene rings is 6. The minimum Gasteiger partial charge on any atom is -0.0622 e. The lowest BCUT2D eigenvalue weighted by Gasteiger charge is -2.50. The average Bonchev–Trinajstić information content (AvgIpc) is 3.04. The third-order valence-electron chi connectivity index (χ3n) is 7.36. The summed E-state index contributed by atoms with van der Waals surface area (Å²) in [6.07, 6.45) is 0. The van der Waals surface area contributed by atoms with Crippen molar-refractivity contribution in [1.82, 2.24) is 0 Å². The van der Waals surface area contributed by atoms with Gasteiger partial charge < -0.3 is 0 Å². The van der Waals surface area contributed by atoms with Crippen molar-refractivity contribution in [2.24, 2.45) is 0 Å². The molecule has 3 heteroatoms. The van der Waals surface area contributed by atoms with Gasteiger partial charge in [-0.05, 0) is 62.5 Å². The molecule has 0 spiro atoms. The molecule has 0 saturated carbocycles. The van der Waals surface area contributed by atoms with Crippen LogP contribution in [0.1, 0.15) is 6.92 Å². The standard InChI is InChI=1S/C38H33P3/c1-38(39(32-20-8-2-9-21-32)33-22-10-3-11-23-33,40(34-24-12-4-13-25-34)35-26-14-5-15-27-35)41(36-28-16-6-17-29-36)37-30-18-7-19-31-37/h2-31H,1H3. The van der Waals surface area contributed by atoms with Gasteiger partial charge in [-0.15, -0.1) is 0 Å². The third-order valence-corrected chi connectivity index (χ3v) is 18.4. The van der Waals surface area contributed by atoms with Gasteiger partial charge in [-0.2, -0.15) is 0 Å². The summed E-state index contributed by atoms with van der Waals surface area (Å²) in [4.78, 5) is 0. The molecule has 0 aromatic heterocycles. The maximum atomic E-state index is 2.62. The lowest BCUT2D eigenvalue weighted by molar-refractivity contribution is 1.27. The van der Waals surface area contributed by atoms with Crippen molar-refractivity contribution in [2.75, 3.05) is 0 Å². The van der Waals surface area contributed by atoms with Crippen LogP contribution in [0.15, 0.2) is 182 Å². The van der Waals surface area contributed by atoms with Gasteiger partial charge in [-0.1, -0.05) is 182 Å². The van der Waals surface area contributed by atoms with Crippen LogP contribution in [0, 0.1) is 0 Å². The van der Waals surface area contributed by atoms with Crippen LogP contribution in [0.3, 0.4) is 0 Å². The number of hydrogen-bond acceptors (Lipinski definition) is 0. The summed E-state index contributed by atoms with van der Waals surface area (Å²) in [5.74, 6) is 0. The van der Waals surface area contributed by atoms with Crippen LogP contribution in [0.4, 0.5) is 0 Å². The van der Waals surface area contributed by atoms with Gasteiger partial charge in [0, 0.05) is 0 Å². The lowest BCUT2D eigenvalue weighted by Crippen LogP contribution is -2.40. The van der Waals surface area contributed by atoms with Crippen molar-refractivity contribution in [1.29, 1.82) is 0 Å². The second-order valence-corrected chi connectivity index (χ2v) is 18.8. The highest BCUT2D eigenvalue weighted by molar-refractivity contribution is 8.05. The normalized spacial score (nSPS) is 11.7. The second kappa shape index (κ2) is 13.1. The summed E-state index contributed by atoms with van der Waals surface area (Å²) in [6.45, 7) is 2.62. The molecule has 0 unspecified atom stereocenters. The molecule has 0 aliphatic heterocycles. The minimum absolute atomic E-state index is 0.131. The fourth-order valence-corrected chi connectivity index (χ4v) is 18.9. The molecule has 41 heavy (non-hydrogen) atoms. The number of hydrogen-bond donors (Lipinski definition) is 0. The zero-order valence-corrected chi connectivity index (χ0v) is 25.8. The molecule has 0 N–H and O–H groups in total. The fourth-order valence-electron chi connectivity index (χ4n) is 5.68. The first-order chi connectivity index (χ1) is 20.3. The zero-order chi connectivity index (χ0) is 27.9. The predicted octanol–water partition coefficient (Wildman–Crippen LogP) is 8.06. The van der Waals surface area contributed by atoms with E-state index in [1.165, 1.54) is 31.8 Å². The summed E-state index contributed by atoms with van der Waals surface area (Å²) >= 11 is 0. The quantitative estimate of drug-likeness (QED) is 0.151. The molecule has 200 valence electrons. The topological polar surface area (TPSA) is 0 Å². The van der Waals surface area contributed by atoms with E-state index in [0.717, 1.165) is 0 Å². The molecule has 0 atom stereocenters. The summed E-state index contributed by atoms with van der Waals surface area (Å²) < 4.78 is -0.131. The molecular weight excluding hydrogens is 549 g/mol. The van der Waals surface area contributed by atoms with Gasteiger partial charge in [-0.3, -0.25) is 0 Å². The first-order valence-electron chi connectivity index (χ1n) is 14.0. The molecule has 0 saturated heterocycles. The highest BCUT2D eigenvalue weighted by Gasteiger charge is 2.50.